The van der Waals surface area contributed by atoms with E-state index in [2.05, 4.69) is 94.3 Å². The maximum absolute atomic E-state index is 12.8. The lowest BCUT2D eigenvalue weighted by Gasteiger charge is -2.32. The molecule has 2 saturated heterocycles. The molecule has 0 aliphatic carbocycles. The molecule has 0 saturated carbocycles. The summed E-state index contributed by atoms with van der Waals surface area (Å²) in [5, 5.41) is 0. The molecule has 6 aromatic rings. The predicted octanol–water partition coefficient (Wildman–Crippen LogP) is 7.97. The van der Waals surface area contributed by atoms with E-state index >= 15 is 0 Å². The van der Waals surface area contributed by atoms with E-state index in [1.165, 1.54) is 36.8 Å². The molecular formula is C46H60N8O2. The van der Waals surface area contributed by atoms with Crippen molar-refractivity contribution in [1.82, 2.24) is 37.7 Å². The Morgan fingerprint density at radius 2 is 0.929 bits per heavy atom. The van der Waals surface area contributed by atoms with Crippen LogP contribution in [0.15, 0.2) is 95.0 Å². The summed E-state index contributed by atoms with van der Waals surface area (Å²) in [5.74, 6) is 1.32. The fraction of sp³-hybridized carbons (Fsp3) is 0.478. The third-order valence-corrected chi connectivity index (χ3v) is 12.1. The number of aryl methyl sites for hydroxylation is 4. The number of likely N-dealkylation sites (tertiary alicyclic amines) is 2. The first-order valence-electron chi connectivity index (χ1n) is 21.0. The third-order valence-electron chi connectivity index (χ3n) is 12.1. The molecule has 0 atom stereocenters. The van der Waals surface area contributed by atoms with Crippen LogP contribution < -0.4 is 11.1 Å². The number of nitrogens with zero attached hydrogens (tertiary/aromatic N) is 8. The van der Waals surface area contributed by atoms with Gasteiger partial charge in [-0.2, -0.15) is 0 Å². The van der Waals surface area contributed by atoms with Gasteiger partial charge in [0.2, 0.25) is 11.3 Å². The van der Waals surface area contributed by atoms with Crippen molar-refractivity contribution < 1.29 is 0 Å². The summed E-state index contributed by atoms with van der Waals surface area (Å²) >= 11 is 0. The second-order valence-electron chi connectivity index (χ2n) is 15.9. The van der Waals surface area contributed by atoms with Crippen molar-refractivity contribution in [3.8, 4) is 0 Å². The third kappa shape index (κ3) is 8.92. The molecule has 2 aliphatic heterocycles. The number of aromatic nitrogens is 6. The minimum Gasteiger partial charge on any atom is -0.311 e. The first-order chi connectivity index (χ1) is 27.3. The summed E-state index contributed by atoms with van der Waals surface area (Å²) in [4.78, 5) is 39.7. The number of fused-ring (bicyclic) bond motifs is 2. The number of benzene rings is 2. The van der Waals surface area contributed by atoms with Gasteiger partial charge in [-0.05, 0) is 102 Å². The summed E-state index contributed by atoms with van der Waals surface area (Å²) in [5.41, 5.74) is 8.31. The van der Waals surface area contributed by atoms with Crippen LogP contribution in [0.1, 0.15) is 111 Å². The van der Waals surface area contributed by atoms with Gasteiger partial charge in [0.05, 0.1) is 22.8 Å². The Morgan fingerprint density at radius 1 is 0.554 bits per heavy atom. The molecule has 2 aliphatic rings. The van der Waals surface area contributed by atoms with E-state index in [0.717, 1.165) is 101 Å². The number of hydrogen-bond acceptors (Lipinski definition) is 6. The Kier molecular flexibility index (Phi) is 13.0. The van der Waals surface area contributed by atoms with Crippen LogP contribution in [-0.2, 0) is 26.2 Å². The van der Waals surface area contributed by atoms with Gasteiger partial charge in [0.1, 0.15) is 0 Å². The van der Waals surface area contributed by atoms with Crippen LogP contribution in [0.5, 0.6) is 0 Å². The molecule has 0 radical (unpaired) electrons. The van der Waals surface area contributed by atoms with Crippen molar-refractivity contribution in [2.75, 3.05) is 26.2 Å². The summed E-state index contributed by atoms with van der Waals surface area (Å²) < 4.78 is 7.59. The molecule has 2 fully saturated rings. The largest absolute Gasteiger partial charge is 0.311 e. The highest BCUT2D eigenvalue weighted by atomic mass is 16.1. The first kappa shape index (κ1) is 39.4. The highest BCUT2D eigenvalue weighted by Crippen LogP contribution is 2.30. The standard InChI is InChI=1S/2C23H30N4O/c2*1-3-4-12-26-15-16-27-21(18(2)24-22(27)23(26)28)17-25-13-10-20(11-14-25)19-8-6-5-7-9-19/h2*5-9,15-16,20H,3-4,10-14,17H2,1-2H3. The molecular weight excluding hydrogens is 697 g/mol. The molecule has 0 N–H and O–H groups in total. The van der Waals surface area contributed by atoms with Crippen LogP contribution in [0.25, 0.3) is 11.3 Å². The molecule has 0 spiro atoms. The van der Waals surface area contributed by atoms with Crippen LogP contribution in [0, 0.1) is 13.8 Å². The number of hydrogen-bond donors (Lipinski definition) is 0. The molecule has 10 heteroatoms. The van der Waals surface area contributed by atoms with Gasteiger partial charge in [-0.3, -0.25) is 28.2 Å². The predicted molar refractivity (Wildman–Crippen MR) is 226 cm³/mol. The van der Waals surface area contributed by atoms with Crippen LogP contribution in [0.4, 0.5) is 0 Å². The fourth-order valence-corrected chi connectivity index (χ4v) is 8.58. The van der Waals surface area contributed by atoms with Crippen molar-refractivity contribution in [3.63, 3.8) is 0 Å². The van der Waals surface area contributed by atoms with E-state index in [4.69, 9.17) is 0 Å². The van der Waals surface area contributed by atoms with Gasteiger partial charge in [-0.15, -0.1) is 0 Å². The van der Waals surface area contributed by atoms with E-state index in [0.29, 0.717) is 23.1 Å². The maximum atomic E-state index is 12.8. The Bertz CT molecular complexity index is 2130. The lowest BCUT2D eigenvalue weighted by atomic mass is 9.89. The zero-order chi connectivity index (χ0) is 39.0. The molecule has 56 heavy (non-hydrogen) atoms. The van der Waals surface area contributed by atoms with Gasteiger partial charge in [0.25, 0.3) is 11.1 Å². The van der Waals surface area contributed by atoms with Gasteiger partial charge in [0.15, 0.2) is 0 Å². The summed E-state index contributed by atoms with van der Waals surface area (Å²) in [6.45, 7) is 15.9. The topological polar surface area (TPSA) is 85.1 Å². The molecule has 0 bridgehead atoms. The van der Waals surface area contributed by atoms with E-state index in [9.17, 15) is 9.59 Å². The molecule has 4 aromatic heterocycles. The Morgan fingerprint density at radius 3 is 1.29 bits per heavy atom. The monoisotopic (exact) mass is 756 g/mol. The number of piperidine rings is 2. The normalized spacial score (nSPS) is 16.1. The molecule has 296 valence electrons. The average Bonchev–Trinajstić information content (AvgIpc) is 3.73. The van der Waals surface area contributed by atoms with Crippen molar-refractivity contribution in [2.24, 2.45) is 0 Å². The molecule has 8 rings (SSSR count). The highest BCUT2D eigenvalue weighted by molar-refractivity contribution is 5.42. The zero-order valence-corrected chi connectivity index (χ0v) is 33.9. The van der Waals surface area contributed by atoms with Crippen molar-refractivity contribution in [3.05, 3.63) is 140 Å². The SMILES string of the molecule is CCCCn1ccn2c(CN3CCC(c4ccccc4)CC3)c(C)nc2c1=O.CCCCn1ccn2c(CN3CCC(c4ccccc4)CC3)c(C)nc2c1=O. The second-order valence-corrected chi connectivity index (χ2v) is 15.9. The van der Waals surface area contributed by atoms with E-state index in [-0.39, 0.29) is 11.1 Å². The van der Waals surface area contributed by atoms with Gasteiger partial charge < -0.3 is 9.13 Å². The van der Waals surface area contributed by atoms with Gasteiger partial charge in [-0.1, -0.05) is 87.4 Å². The van der Waals surface area contributed by atoms with Gasteiger partial charge >= 0.3 is 0 Å². The molecule has 0 unspecified atom stereocenters. The average molecular weight is 757 g/mol. The lowest BCUT2D eigenvalue weighted by Crippen LogP contribution is -2.33. The van der Waals surface area contributed by atoms with Gasteiger partial charge in [0, 0.05) is 51.0 Å². The van der Waals surface area contributed by atoms with Crippen LogP contribution in [0.3, 0.4) is 0 Å². The van der Waals surface area contributed by atoms with Crippen LogP contribution >= 0.6 is 0 Å². The number of imidazole rings is 2. The zero-order valence-electron chi connectivity index (χ0n) is 33.9. The highest BCUT2D eigenvalue weighted by Gasteiger charge is 2.24. The molecule has 6 heterocycles. The van der Waals surface area contributed by atoms with Crippen molar-refractivity contribution >= 4 is 11.3 Å². The summed E-state index contributed by atoms with van der Waals surface area (Å²) in [7, 11) is 0. The Balaban J connectivity index is 0.000000172. The van der Waals surface area contributed by atoms with Crippen molar-refractivity contribution in [2.45, 2.75) is 117 Å². The number of rotatable bonds is 12. The molecule has 0 amide bonds. The molecule has 2 aromatic carbocycles. The minimum atomic E-state index is 0.0214. The van der Waals surface area contributed by atoms with Crippen LogP contribution in [-0.4, -0.2) is 63.9 Å². The quantitative estimate of drug-likeness (QED) is 0.126. The first-order valence-corrected chi connectivity index (χ1v) is 21.0. The smallest absolute Gasteiger partial charge is 0.294 e. The Hall–Kier alpha value is -4.80. The van der Waals surface area contributed by atoms with Crippen LogP contribution in [0.2, 0.25) is 0 Å². The summed E-state index contributed by atoms with van der Waals surface area (Å²) in [6, 6.07) is 21.7. The molecule has 10 nitrogen and oxygen atoms in total. The second kappa shape index (κ2) is 18.4. The summed E-state index contributed by atoms with van der Waals surface area (Å²) in [6.07, 6.45) is 16.8. The lowest BCUT2D eigenvalue weighted by molar-refractivity contribution is 0.201. The number of unbranched alkanes of at least 4 members (excludes halogenated alkanes) is 2. The van der Waals surface area contributed by atoms with E-state index in [1.807, 2.05) is 47.4 Å². The van der Waals surface area contributed by atoms with E-state index in [1.54, 1.807) is 9.13 Å². The maximum Gasteiger partial charge on any atom is 0.294 e. The Labute approximate surface area is 331 Å². The minimum absolute atomic E-state index is 0.0214. The fourth-order valence-electron chi connectivity index (χ4n) is 8.58. The van der Waals surface area contributed by atoms with Crippen molar-refractivity contribution in [1.29, 1.82) is 0 Å². The van der Waals surface area contributed by atoms with Gasteiger partial charge in [-0.25, -0.2) is 9.97 Å². The van der Waals surface area contributed by atoms with E-state index < -0.39 is 0 Å².